The highest BCUT2D eigenvalue weighted by atomic mass is 31.2. The second-order valence-electron chi connectivity index (χ2n) is 4.87. The lowest BCUT2D eigenvalue weighted by Gasteiger charge is -2.16. The van der Waals surface area contributed by atoms with Crippen LogP contribution in [0.25, 0.3) is 0 Å². The summed E-state index contributed by atoms with van der Waals surface area (Å²) in [4.78, 5) is 0. The first kappa shape index (κ1) is 17.6. The van der Waals surface area contributed by atoms with Crippen LogP contribution in [0, 0.1) is 0 Å². The molecule has 0 saturated carbocycles. The molecule has 122 valence electrons. The van der Waals surface area contributed by atoms with Gasteiger partial charge in [-0.3, -0.25) is 0 Å². The van der Waals surface area contributed by atoms with Crippen molar-refractivity contribution in [2.45, 2.75) is 20.0 Å². The molecule has 2 N–H and O–H groups in total. The molecule has 0 radical (unpaired) electrons. The van der Waals surface area contributed by atoms with Gasteiger partial charge in [0.25, 0.3) is 0 Å². The van der Waals surface area contributed by atoms with Crippen LogP contribution in [-0.2, 0) is 15.2 Å². The molecule has 5 heteroatoms. The van der Waals surface area contributed by atoms with Crippen LogP contribution in [0.2, 0.25) is 0 Å². The van der Waals surface area contributed by atoms with Gasteiger partial charge in [0.2, 0.25) is 0 Å². The molecule has 0 unspecified atom stereocenters. The zero-order valence-electron chi connectivity index (χ0n) is 13.6. The fraction of sp³-hybridized carbons (Fsp3) is 0.278. The van der Waals surface area contributed by atoms with Gasteiger partial charge in [-0.25, -0.2) is 0 Å². The lowest BCUT2D eigenvalue weighted by atomic mass is 10.0. The van der Waals surface area contributed by atoms with Crippen molar-refractivity contribution in [1.29, 1.82) is 0 Å². The topological polar surface area (TPSA) is 56.8 Å². The van der Waals surface area contributed by atoms with Crippen LogP contribution in [0.3, 0.4) is 0 Å². The fourth-order valence-corrected chi connectivity index (χ4v) is 3.59. The Labute approximate surface area is 139 Å². The Balaban J connectivity index is 2.12. The molecule has 23 heavy (non-hydrogen) atoms. The van der Waals surface area contributed by atoms with Crippen molar-refractivity contribution >= 4 is 14.1 Å². The summed E-state index contributed by atoms with van der Waals surface area (Å²) in [7, 11) is -0.864. The highest BCUT2D eigenvalue weighted by molar-refractivity contribution is 7.46. The summed E-state index contributed by atoms with van der Waals surface area (Å²) in [5, 5.41) is 3.95. The largest absolute Gasteiger partial charge is 0.334 e. The van der Waals surface area contributed by atoms with Crippen LogP contribution in [0.15, 0.2) is 59.7 Å². The van der Waals surface area contributed by atoms with E-state index in [0.29, 0.717) is 13.2 Å². The minimum atomic E-state index is -0.864. The van der Waals surface area contributed by atoms with Crippen molar-refractivity contribution in [1.82, 2.24) is 0 Å². The van der Waals surface area contributed by atoms with E-state index in [1.165, 1.54) is 5.56 Å². The number of rotatable bonds is 8. The molecular weight excluding hydrogens is 307 g/mol. The molecule has 4 nitrogen and oxygen atoms in total. The van der Waals surface area contributed by atoms with Crippen molar-refractivity contribution in [3.8, 4) is 0 Å². The molecule has 0 fully saturated rings. The van der Waals surface area contributed by atoms with Gasteiger partial charge >= 0.3 is 0 Å². The van der Waals surface area contributed by atoms with E-state index in [9.17, 15) is 0 Å². The third-order valence-electron chi connectivity index (χ3n) is 3.26. The maximum absolute atomic E-state index is 5.65. The van der Waals surface area contributed by atoms with Crippen LogP contribution in [-0.4, -0.2) is 18.9 Å². The second-order valence-corrected chi connectivity index (χ2v) is 6.37. The first-order chi connectivity index (χ1) is 11.3. The van der Waals surface area contributed by atoms with E-state index in [2.05, 4.69) is 17.2 Å². The van der Waals surface area contributed by atoms with Crippen LogP contribution < -0.4 is 5.84 Å². The number of hydrogen-bond donors (Lipinski definition) is 1. The second kappa shape index (κ2) is 9.41. The summed E-state index contributed by atoms with van der Waals surface area (Å²) in [6, 6.07) is 18.2. The Hall–Kier alpha value is -1.74. The van der Waals surface area contributed by atoms with Gasteiger partial charge in [0, 0.05) is 17.3 Å². The zero-order chi connectivity index (χ0) is 16.5. The number of nitrogens with zero attached hydrogens (tertiary/aromatic N) is 1. The smallest absolute Gasteiger partial charge is 0.175 e. The molecule has 0 heterocycles. The van der Waals surface area contributed by atoms with Gasteiger partial charge in [0.1, 0.15) is 0 Å². The average molecular weight is 330 g/mol. The molecular formula is C18H23N2O2P. The molecule has 0 aliphatic rings. The van der Waals surface area contributed by atoms with Crippen LogP contribution in [0.4, 0.5) is 0 Å². The van der Waals surface area contributed by atoms with Gasteiger partial charge in [-0.1, -0.05) is 54.6 Å². The minimum Gasteiger partial charge on any atom is -0.334 e. The Bertz CT molecular complexity index is 609. The number of nitrogens with two attached hydrogens (primary N) is 1. The normalized spacial score (nSPS) is 11.9. The monoisotopic (exact) mass is 330 g/mol. The first-order valence-electron chi connectivity index (χ1n) is 7.74. The quantitative estimate of drug-likeness (QED) is 0.340. The SMILES string of the molecule is CCOP(Cc1ccc(/C(=N/N)c2ccccc2)cc1)OCC. The molecule has 2 aromatic carbocycles. The van der Waals surface area contributed by atoms with Crippen LogP contribution in [0.1, 0.15) is 30.5 Å². The number of hydrogen-bond acceptors (Lipinski definition) is 4. The molecule has 0 aromatic heterocycles. The zero-order valence-corrected chi connectivity index (χ0v) is 14.5. The molecule has 0 atom stereocenters. The van der Waals surface area contributed by atoms with E-state index < -0.39 is 8.38 Å². The maximum atomic E-state index is 5.65. The third-order valence-corrected chi connectivity index (χ3v) is 4.98. The van der Waals surface area contributed by atoms with E-state index in [1.54, 1.807) is 0 Å². The van der Waals surface area contributed by atoms with E-state index in [4.69, 9.17) is 14.9 Å². The molecule has 0 amide bonds. The summed E-state index contributed by atoms with van der Waals surface area (Å²) in [5.41, 5.74) is 3.98. The Morgan fingerprint density at radius 3 is 2.00 bits per heavy atom. The highest BCUT2D eigenvalue weighted by Gasteiger charge is 2.11. The summed E-state index contributed by atoms with van der Waals surface area (Å²) >= 11 is 0. The molecule has 2 aromatic rings. The van der Waals surface area contributed by atoms with Crippen LogP contribution >= 0.6 is 8.38 Å². The van der Waals surface area contributed by atoms with Gasteiger partial charge < -0.3 is 14.9 Å². The van der Waals surface area contributed by atoms with Gasteiger partial charge in [-0.2, -0.15) is 5.10 Å². The van der Waals surface area contributed by atoms with Gasteiger partial charge in [0.05, 0.1) is 18.9 Å². The van der Waals surface area contributed by atoms with Crippen molar-refractivity contribution in [2.75, 3.05) is 13.2 Å². The standard InChI is InChI=1S/C18H23N2O2P/c1-3-21-23(22-4-2)14-15-10-12-17(13-11-15)18(20-19)16-8-6-5-7-9-16/h5-13H,3-4,14,19H2,1-2H3/b20-18+. The lowest BCUT2D eigenvalue weighted by molar-refractivity contribution is 0.268. The molecule has 0 aliphatic heterocycles. The average Bonchev–Trinajstić information content (AvgIpc) is 2.58. The van der Waals surface area contributed by atoms with Crippen molar-refractivity contribution in [3.05, 3.63) is 71.3 Å². The Kier molecular flexibility index (Phi) is 7.21. The van der Waals surface area contributed by atoms with Crippen LogP contribution in [0.5, 0.6) is 0 Å². The third kappa shape index (κ3) is 5.14. The van der Waals surface area contributed by atoms with Crippen molar-refractivity contribution in [3.63, 3.8) is 0 Å². The minimum absolute atomic E-state index is 0.668. The molecule has 0 bridgehead atoms. The van der Waals surface area contributed by atoms with Crippen molar-refractivity contribution in [2.24, 2.45) is 10.9 Å². The summed E-state index contributed by atoms with van der Waals surface area (Å²) < 4.78 is 11.3. The van der Waals surface area contributed by atoms with Gasteiger partial charge in [-0.05, 0) is 19.4 Å². The van der Waals surface area contributed by atoms with E-state index in [1.807, 2.05) is 56.3 Å². The molecule has 0 saturated heterocycles. The molecule has 2 rings (SSSR count). The maximum Gasteiger partial charge on any atom is 0.175 e. The lowest BCUT2D eigenvalue weighted by Crippen LogP contribution is -2.06. The number of benzene rings is 2. The summed E-state index contributed by atoms with van der Waals surface area (Å²) in [6.45, 7) is 5.31. The van der Waals surface area contributed by atoms with E-state index in [0.717, 1.165) is 23.0 Å². The number of hydrazone groups is 1. The predicted octanol–water partition coefficient (Wildman–Crippen LogP) is 4.28. The van der Waals surface area contributed by atoms with Gasteiger partial charge in [0.15, 0.2) is 8.38 Å². The summed E-state index contributed by atoms with van der Waals surface area (Å²) in [5.74, 6) is 5.59. The Morgan fingerprint density at radius 1 is 0.913 bits per heavy atom. The fourth-order valence-electron chi connectivity index (χ4n) is 2.25. The highest BCUT2D eigenvalue weighted by Crippen LogP contribution is 2.41. The molecule has 0 spiro atoms. The summed E-state index contributed by atoms with van der Waals surface area (Å²) in [6.07, 6.45) is 0.789. The van der Waals surface area contributed by atoms with E-state index >= 15 is 0 Å². The predicted molar refractivity (Wildman–Crippen MR) is 96.6 cm³/mol. The first-order valence-corrected chi connectivity index (χ1v) is 9.10. The molecule has 0 aliphatic carbocycles. The van der Waals surface area contributed by atoms with Crippen molar-refractivity contribution < 1.29 is 9.05 Å². The Morgan fingerprint density at radius 2 is 1.48 bits per heavy atom. The van der Waals surface area contributed by atoms with Gasteiger partial charge in [-0.15, -0.1) is 0 Å². The van der Waals surface area contributed by atoms with E-state index in [-0.39, 0.29) is 0 Å².